The molecule has 2 atom stereocenters. The Bertz CT molecular complexity index is 365. The van der Waals surface area contributed by atoms with Crippen LogP contribution >= 0.6 is 0 Å². The van der Waals surface area contributed by atoms with Crippen LogP contribution in [-0.4, -0.2) is 24.7 Å². The highest BCUT2D eigenvalue weighted by Crippen LogP contribution is 2.15. The van der Waals surface area contributed by atoms with Crippen molar-refractivity contribution in [2.24, 2.45) is 11.7 Å². The predicted molar refractivity (Wildman–Crippen MR) is 73.3 cm³/mol. The molecule has 0 amide bonds. The van der Waals surface area contributed by atoms with Gasteiger partial charge in [-0.15, -0.1) is 0 Å². The third kappa shape index (κ3) is 4.04. The molecule has 1 rings (SSSR count). The highest BCUT2D eigenvalue weighted by molar-refractivity contribution is 5.77. The van der Waals surface area contributed by atoms with Crippen molar-refractivity contribution >= 4 is 11.7 Å². The van der Waals surface area contributed by atoms with Crippen molar-refractivity contribution in [2.75, 3.05) is 11.9 Å². The number of hydrogen-bond acceptors (Lipinski definition) is 4. The van der Waals surface area contributed by atoms with Crippen LogP contribution in [0, 0.1) is 5.92 Å². The Morgan fingerprint density at radius 1 is 1.33 bits per heavy atom. The molecule has 0 spiro atoms. The van der Waals surface area contributed by atoms with Crippen molar-refractivity contribution in [3.63, 3.8) is 0 Å². The van der Waals surface area contributed by atoms with Crippen molar-refractivity contribution in [2.45, 2.75) is 32.9 Å². The van der Waals surface area contributed by atoms with Gasteiger partial charge in [0.15, 0.2) is 0 Å². The zero-order valence-electron chi connectivity index (χ0n) is 11.2. The molecule has 0 aromatic heterocycles. The number of hydrogen-bond donors (Lipinski definition) is 2. The minimum absolute atomic E-state index is 0.147. The maximum absolute atomic E-state index is 11.7. The quantitative estimate of drug-likeness (QED) is 0.758. The van der Waals surface area contributed by atoms with Gasteiger partial charge in [0, 0.05) is 5.69 Å². The number of carbonyl (C=O) groups is 1. The normalized spacial score (nSPS) is 14.1. The maximum atomic E-state index is 11.7. The zero-order valence-corrected chi connectivity index (χ0v) is 11.2. The van der Waals surface area contributed by atoms with E-state index in [1.165, 1.54) is 0 Å². The van der Waals surface area contributed by atoms with Crippen LogP contribution in [0.2, 0.25) is 0 Å². The summed E-state index contributed by atoms with van der Waals surface area (Å²) in [6, 6.07) is 8.92. The first-order chi connectivity index (χ1) is 8.56. The molecule has 4 heteroatoms. The highest BCUT2D eigenvalue weighted by atomic mass is 16.5. The third-order valence-corrected chi connectivity index (χ3v) is 2.77. The zero-order chi connectivity index (χ0) is 13.5. The topological polar surface area (TPSA) is 64.3 Å². The van der Waals surface area contributed by atoms with Crippen LogP contribution in [0.1, 0.15) is 20.8 Å². The van der Waals surface area contributed by atoms with Crippen molar-refractivity contribution < 1.29 is 9.53 Å². The van der Waals surface area contributed by atoms with E-state index in [-0.39, 0.29) is 17.9 Å². The summed E-state index contributed by atoms with van der Waals surface area (Å²) in [5, 5.41) is 3.29. The van der Waals surface area contributed by atoms with Crippen LogP contribution in [-0.2, 0) is 9.53 Å². The number of benzene rings is 1. The monoisotopic (exact) mass is 250 g/mol. The van der Waals surface area contributed by atoms with E-state index >= 15 is 0 Å². The SMILES string of the molecule is CCOC(=O)[C@H](N)[C@H](Nc1ccccc1)C(C)C. The lowest BCUT2D eigenvalue weighted by Crippen LogP contribution is -2.49. The molecule has 0 saturated carbocycles. The summed E-state index contributed by atoms with van der Waals surface area (Å²) in [7, 11) is 0. The van der Waals surface area contributed by atoms with E-state index in [0.29, 0.717) is 6.61 Å². The summed E-state index contributed by atoms with van der Waals surface area (Å²) in [6.45, 7) is 6.18. The van der Waals surface area contributed by atoms with Gasteiger partial charge in [0.2, 0.25) is 0 Å². The van der Waals surface area contributed by atoms with E-state index in [9.17, 15) is 4.79 Å². The summed E-state index contributed by atoms with van der Waals surface area (Å²) in [6.07, 6.45) is 0. The van der Waals surface area contributed by atoms with E-state index in [1.807, 2.05) is 44.2 Å². The molecule has 1 aromatic rings. The first kappa shape index (κ1) is 14.5. The molecule has 0 radical (unpaired) electrons. The average Bonchev–Trinajstić information content (AvgIpc) is 2.36. The van der Waals surface area contributed by atoms with Gasteiger partial charge in [-0.3, -0.25) is 4.79 Å². The Labute approximate surface area is 109 Å². The Kier molecular flexibility index (Phi) is 5.65. The molecule has 1 aromatic carbocycles. The lowest BCUT2D eigenvalue weighted by Gasteiger charge is -2.27. The molecule has 3 N–H and O–H groups in total. The highest BCUT2D eigenvalue weighted by Gasteiger charge is 2.28. The van der Waals surface area contributed by atoms with Crippen molar-refractivity contribution in [3.8, 4) is 0 Å². The molecule has 18 heavy (non-hydrogen) atoms. The summed E-state index contributed by atoms with van der Waals surface area (Å²) < 4.78 is 4.97. The Hall–Kier alpha value is -1.55. The minimum Gasteiger partial charge on any atom is -0.465 e. The van der Waals surface area contributed by atoms with Crippen LogP contribution in [0.15, 0.2) is 30.3 Å². The molecule has 0 unspecified atom stereocenters. The van der Waals surface area contributed by atoms with Gasteiger partial charge in [-0.25, -0.2) is 0 Å². The molecular formula is C14H22N2O2. The van der Waals surface area contributed by atoms with E-state index < -0.39 is 6.04 Å². The fraction of sp³-hybridized carbons (Fsp3) is 0.500. The lowest BCUT2D eigenvalue weighted by molar-refractivity contribution is -0.145. The number of nitrogens with one attached hydrogen (secondary N) is 1. The summed E-state index contributed by atoms with van der Waals surface area (Å²) >= 11 is 0. The molecule has 100 valence electrons. The smallest absolute Gasteiger partial charge is 0.325 e. The molecular weight excluding hydrogens is 228 g/mol. The van der Waals surface area contributed by atoms with Crippen LogP contribution in [0.3, 0.4) is 0 Å². The predicted octanol–water partition coefficient (Wildman–Crippen LogP) is 2.01. The number of anilines is 1. The number of carbonyl (C=O) groups excluding carboxylic acids is 1. The number of ether oxygens (including phenoxy) is 1. The van der Waals surface area contributed by atoms with Gasteiger partial charge in [-0.05, 0) is 25.0 Å². The molecule has 0 aliphatic carbocycles. The Morgan fingerprint density at radius 3 is 2.44 bits per heavy atom. The molecule has 0 fully saturated rings. The molecule has 0 saturated heterocycles. The number of nitrogens with two attached hydrogens (primary N) is 1. The van der Waals surface area contributed by atoms with Crippen LogP contribution in [0.4, 0.5) is 5.69 Å². The summed E-state index contributed by atoms with van der Waals surface area (Å²) in [5.41, 5.74) is 6.91. The van der Waals surface area contributed by atoms with Crippen LogP contribution in [0.5, 0.6) is 0 Å². The van der Waals surface area contributed by atoms with Crippen LogP contribution in [0.25, 0.3) is 0 Å². The summed E-state index contributed by atoms with van der Waals surface area (Å²) in [4.78, 5) is 11.7. The van der Waals surface area contributed by atoms with Gasteiger partial charge in [0.1, 0.15) is 6.04 Å². The molecule has 4 nitrogen and oxygen atoms in total. The maximum Gasteiger partial charge on any atom is 0.325 e. The molecule has 0 aliphatic rings. The van der Waals surface area contributed by atoms with E-state index in [1.54, 1.807) is 6.92 Å². The third-order valence-electron chi connectivity index (χ3n) is 2.77. The van der Waals surface area contributed by atoms with Gasteiger partial charge >= 0.3 is 5.97 Å². The van der Waals surface area contributed by atoms with E-state index in [2.05, 4.69) is 5.32 Å². The van der Waals surface area contributed by atoms with Gasteiger partial charge in [0.05, 0.1) is 12.6 Å². The Morgan fingerprint density at radius 2 is 1.94 bits per heavy atom. The molecule has 0 aliphatic heterocycles. The first-order valence-electron chi connectivity index (χ1n) is 6.30. The summed E-state index contributed by atoms with van der Waals surface area (Å²) in [5.74, 6) is -0.135. The van der Waals surface area contributed by atoms with E-state index in [4.69, 9.17) is 10.5 Å². The molecule has 0 bridgehead atoms. The molecule has 0 heterocycles. The van der Waals surface area contributed by atoms with Crippen molar-refractivity contribution in [1.82, 2.24) is 0 Å². The second-order valence-electron chi connectivity index (χ2n) is 4.56. The largest absolute Gasteiger partial charge is 0.465 e. The average molecular weight is 250 g/mol. The van der Waals surface area contributed by atoms with Gasteiger partial charge < -0.3 is 15.8 Å². The second kappa shape index (κ2) is 7.01. The van der Waals surface area contributed by atoms with Crippen molar-refractivity contribution in [1.29, 1.82) is 0 Å². The fourth-order valence-electron chi connectivity index (χ4n) is 1.78. The standard InChI is InChI=1S/C14H22N2O2/c1-4-18-14(17)12(15)13(10(2)3)16-11-8-6-5-7-9-11/h5-10,12-13,16H,4,15H2,1-3H3/t12-,13-/m1/s1. The number of rotatable bonds is 6. The van der Waals surface area contributed by atoms with Gasteiger partial charge in [-0.2, -0.15) is 0 Å². The van der Waals surface area contributed by atoms with E-state index in [0.717, 1.165) is 5.69 Å². The second-order valence-corrected chi connectivity index (χ2v) is 4.56. The number of para-hydroxylation sites is 1. The fourth-order valence-corrected chi connectivity index (χ4v) is 1.78. The number of esters is 1. The van der Waals surface area contributed by atoms with Gasteiger partial charge in [0.25, 0.3) is 0 Å². The Balaban J connectivity index is 2.74. The van der Waals surface area contributed by atoms with Crippen LogP contribution < -0.4 is 11.1 Å². The van der Waals surface area contributed by atoms with Gasteiger partial charge in [-0.1, -0.05) is 32.0 Å². The minimum atomic E-state index is -0.662. The van der Waals surface area contributed by atoms with Crippen molar-refractivity contribution in [3.05, 3.63) is 30.3 Å². The lowest BCUT2D eigenvalue weighted by atomic mass is 9.96. The first-order valence-corrected chi connectivity index (χ1v) is 6.30.